The fourth-order valence-corrected chi connectivity index (χ4v) is 3.35. The molecular weight excluding hydrogens is 407 g/mol. The monoisotopic (exact) mass is 419 g/mol. The number of amides is 1. The van der Waals surface area contributed by atoms with E-state index in [1.165, 1.54) is 6.07 Å². The summed E-state index contributed by atoms with van der Waals surface area (Å²) < 4.78 is 40.1. The molecule has 1 aromatic heterocycles. The van der Waals surface area contributed by atoms with Crippen LogP contribution in [0.3, 0.4) is 0 Å². The molecule has 29 heavy (non-hydrogen) atoms. The van der Waals surface area contributed by atoms with Gasteiger partial charge in [-0.2, -0.15) is 13.2 Å². The van der Waals surface area contributed by atoms with Crippen molar-refractivity contribution < 1.29 is 22.9 Å². The summed E-state index contributed by atoms with van der Waals surface area (Å²) in [5.74, 6) is -0.425. The van der Waals surface area contributed by atoms with Crippen LogP contribution >= 0.6 is 11.8 Å². The van der Waals surface area contributed by atoms with Gasteiger partial charge in [-0.3, -0.25) is 14.9 Å². The van der Waals surface area contributed by atoms with Gasteiger partial charge in [0.25, 0.3) is 11.6 Å². The Bertz CT molecular complexity index is 1060. The van der Waals surface area contributed by atoms with E-state index in [-0.39, 0.29) is 0 Å². The van der Waals surface area contributed by atoms with Crippen molar-refractivity contribution in [2.75, 3.05) is 5.32 Å². The average molecular weight is 419 g/mol. The lowest BCUT2D eigenvalue weighted by molar-refractivity contribution is -0.385. The number of rotatable bonds is 5. The van der Waals surface area contributed by atoms with Crippen molar-refractivity contribution in [3.05, 3.63) is 88.1 Å². The molecule has 10 heteroatoms. The largest absolute Gasteiger partial charge is 0.419 e. The van der Waals surface area contributed by atoms with Gasteiger partial charge < -0.3 is 5.32 Å². The summed E-state index contributed by atoms with van der Waals surface area (Å²) in [7, 11) is 0. The van der Waals surface area contributed by atoms with Crippen LogP contribution in [0.2, 0.25) is 0 Å². The zero-order valence-electron chi connectivity index (χ0n) is 14.5. The fraction of sp³-hybridized carbons (Fsp3) is 0.0526. The lowest BCUT2D eigenvalue weighted by atomic mass is 10.2. The number of hydrogen-bond donors (Lipinski definition) is 1. The number of nitrogens with zero attached hydrogens (tertiary/aromatic N) is 2. The minimum atomic E-state index is -4.83. The maximum atomic E-state index is 13.4. The Morgan fingerprint density at radius 3 is 2.38 bits per heavy atom. The molecule has 0 aliphatic carbocycles. The molecule has 3 rings (SSSR count). The van der Waals surface area contributed by atoms with E-state index < -0.39 is 33.3 Å². The van der Waals surface area contributed by atoms with Crippen molar-refractivity contribution >= 4 is 29.0 Å². The van der Waals surface area contributed by atoms with Gasteiger partial charge in [-0.25, -0.2) is 4.98 Å². The normalized spacial score (nSPS) is 11.1. The van der Waals surface area contributed by atoms with E-state index in [9.17, 15) is 28.1 Å². The predicted molar refractivity (Wildman–Crippen MR) is 101 cm³/mol. The number of carbonyl (C=O) groups is 1. The van der Waals surface area contributed by atoms with Crippen LogP contribution in [0.25, 0.3) is 0 Å². The first kappa shape index (κ1) is 20.3. The second kappa shape index (κ2) is 8.31. The summed E-state index contributed by atoms with van der Waals surface area (Å²) in [5.41, 5.74) is -1.30. The highest BCUT2D eigenvalue weighted by Gasteiger charge is 2.36. The molecule has 0 unspecified atom stereocenters. The number of benzene rings is 2. The van der Waals surface area contributed by atoms with Gasteiger partial charge in [0.2, 0.25) is 0 Å². The first-order chi connectivity index (χ1) is 13.8. The summed E-state index contributed by atoms with van der Waals surface area (Å²) in [6, 6.07) is 15.1. The third-order valence-electron chi connectivity index (χ3n) is 3.73. The van der Waals surface area contributed by atoms with Crippen molar-refractivity contribution in [2.45, 2.75) is 16.1 Å². The number of para-hydroxylation sites is 1. The lowest BCUT2D eigenvalue weighted by Crippen LogP contribution is -2.12. The second-order valence-corrected chi connectivity index (χ2v) is 6.75. The number of nitro groups is 1. The minimum Gasteiger partial charge on any atom is -0.321 e. The van der Waals surface area contributed by atoms with Crippen LogP contribution in [0, 0.1) is 10.1 Å². The van der Waals surface area contributed by atoms with Crippen molar-refractivity contribution in [3.8, 4) is 0 Å². The molecule has 0 saturated heterocycles. The molecule has 0 aliphatic heterocycles. The molecular formula is C19H12F3N3O3S. The SMILES string of the molecule is O=C(Nc1ccccc1Sc1ncc([N+](=O)[O-])cc1C(F)(F)F)c1ccccc1. The number of anilines is 1. The molecule has 3 aromatic rings. The highest BCUT2D eigenvalue weighted by atomic mass is 32.2. The summed E-state index contributed by atoms with van der Waals surface area (Å²) >= 11 is 0.657. The van der Waals surface area contributed by atoms with E-state index in [1.807, 2.05) is 0 Å². The third kappa shape index (κ3) is 4.91. The van der Waals surface area contributed by atoms with E-state index in [0.29, 0.717) is 34.0 Å². The lowest BCUT2D eigenvalue weighted by Gasteiger charge is -2.14. The molecule has 1 heterocycles. The van der Waals surface area contributed by atoms with Crippen molar-refractivity contribution in [1.29, 1.82) is 0 Å². The van der Waals surface area contributed by atoms with Crippen LogP contribution < -0.4 is 5.32 Å². The summed E-state index contributed by atoms with van der Waals surface area (Å²) in [6.07, 6.45) is -4.06. The van der Waals surface area contributed by atoms with Gasteiger partial charge in [0.05, 0.1) is 16.2 Å². The van der Waals surface area contributed by atoms with Gasteiger partial charge in [0.1, 0.15) is 11.2 Å². The maximum Gasteiger partial charge on any atom is 0.419 e. The molecule has 0 fully saturated rings. The fourth-order valence-electron chi connectivity index (χ4n) is 2.37. The predicted octanol–water partition coefficient (Wildman–Crippen LogP) is 5.41. The first-order valence-electron chi connectivity index (χ1n) is 8.10. The van der Waals surface area contributed by atoms with Crippen LogP contribution in [-0.2, 0) is 6.18 Å². The topological polar surface area (TPSA) is 85.1 Å². The van der Waals surface area contributed by atoms with Crippen molar-refractivity contribution in [2.24, 2.45) is 0 Å². The zero-order chi connectivity index (χ0) is 21.0. The van der Waals surface area contributed by atoms with Crippen LogP contribution in [0.4, 0.5) is 24.5 Å². The highest BCUT2D eigenvalue weighted by molar-refractivity contribution is 7.99. The molecule has 0 saturated carbocycles. The summed E-state index contributed by atoms with van der Waals surface area (Å²) in [6.45, 7) is 0. The van der Waals surface area contributed by atoms with E-state index in [0.717, 1.165) is 6.20 Å². The van der Waals surface area contributed by atoms with E-state index in [1.54, 1.807) is 48.5 Å². The van der Waals surface area contributed by atoms with Gasteiger partial charge in [-0.05, 0) is 24.3 Å². The number of nitrogens with one attached hydrogen (secondary N) is 1. The van der Waals surface area contributed by atoms with E-state index in [2.05, 4.69) is 10.3 Å². The molecule has 0 atom stereocenters. The molecule has 148 valence electrons. The van der Waals surface area contributed by atoms with Crippen LogP contribution in [-0.4, -0.2) is 15.8 Å². The van der Waals surface area contributed by atoms with Crippen LogP contribution in [0.5, 0.6) is 0 Å². The van der Waals surface area contributed by atoms with Gasteiger partial charge in [0.15, 0.2) is 0 Å². The molecule has 1 N–H and O–H groups in total. The maximum absolute atomic E-state index is 13.4. The minimum absolute atomic E-state index is 0.291. The zero-order valence-corrected chi connectivity index (χ0v) is 15.3. The number of hydrogen-bond acceptors (Lipinski definition) is 5. The number of alkyl halides is 3. The Balaban J connectivity index is 1.94. The smallest absolute Gasteiger partial charge is 0.321 e. The standard InChI is InChI=1S/C19H12F3N3O3S/c20-19(21,22)14-10-13(25(27)28)11-23-18(14)29-16-9-5-4-8-15(16)24-17(26)12-6-2-1-3-7-12/h1-11H,(H,24,26). The Morgan fingerprint density at radius 1 is 1.07 bits per heavy atom. The highest BCUT2D eigenvalue weighted by Crippen LogP contribution is 2.41. The van der Waals surface area contributed by atoms with Gasteiger partial charge in [-0.1, -0.05) is 42.1 Å². The average Bonchev–Trinajstić information content (AvgIpc) is 2.69. The van der Waals surface area contributed by atoms with E-state index in [4.69, 9.17) is 0 Å². The van der Waals surface area contributed by atoms with Crippen molar-refractivity contribution in [1.82, 2.24) is 4.98 Å². The number of carbonyl (C=O) groups excluding carboxylic acids is 1. The number of aromatic nitrogens is 1. The first-order valence-corrected chi connectivity index (χ1v) is 8.92. The van der Waals surface area contributed by atoms with Gasteiger partial charge >= 0.3 is 6.18 Å². The van der Waals surface area contributed by atoms with Crippen LogP contribution in [0.15, 0.2) is 76.8 Å². The molecule has 6 nitrogen and oxygen atoms in total. The Kier molecular flexibility index (Phi) is 5.83. The Hall–Kier alpha value is -3.40. The van der Waals surface area contributed by atoms with Gasteiger partial charge in [-0.15, -0.1) is 0 Å². The Labute approximate surface area is 166 Å². The molecule has 0 aliphatic rings. The summed E-state index contributed by atoms with van der Waals surface area (Å²) in [5, 5.41) is 13.0. The number of pyridine rings is 1. The van der Waals surface area contributed by atoms with E-state index >= 15 is 0 Å². The molecule has 0 radical (unpaired) electrons. The molecule has 0 spiro atoms. The van der Waals surface area contributed by atoms with Crippen LogP contribution in [0.1, 0.15) is 15.9 Å². The molecule has 2 aromatic carbocycles. The second-order valence-electron chi connectivity index (χ2n) is 5.72. The van der Waals surface area contributed by atoms with Crippen molar-refractivity contribution in [3.63, 3.8) is 0 Å². The summed E-state index contributed by atoms with van der Waals surface area (Å²) in [4.78, 5) is 26.2. The quantitative estimate of drug-likeness (QED) is 0.441. The molecule has 0 bridgehead atoms. The van der Waals surface area contributed by atoms with Gasteiger partial charge in [0, 0.05) is 16.5 Å². The third-order valence-corrected chi connectivity index (χ3v) is 4.83. The molecule has 1 amide bonds. The number of halogens is 3. The Morgan fingerprint density at radius 2 is 1.72 bits per heavy atom.